The maximum atomic E-state index is 11.1. The molecular weight excluding hydrogens is 182 g/mol. The average molecular weight is 201 g/mol. The molecule has 1 saturated heterocycles. The monoisotopic (exact) mass is 201 g/mol. The van der Waals surface area contributed by atoms with Gasteiger partial charge in [-0.3, -0.25) is 0 Å². The average Bonchev–Trinajstić information content (AvgIpc) is 2.17. The summed E-state index contributed by atoms with van der Waals surface area (Å²) in [5.74, 6) is 0. The smallest absolute Gasteiger partial charge is 0.314 e. The third kappa shape index (κ3) is 3.51. The lowest BCUT2D eigenvalue weighted by Gasteiger charge is -2.33. The molecule has 0 radical (unpaired) electrons. The lowest BCUT2D eigenvalue weighted by molar-refractivity contribution is 0.0539. The largest absolute Gasteiger partial charge is 0.381 e. The van der Waals surface area contributed by atoms with E-state index in [1.807, 2.05) is 6.92 Å². The molecule has 0 unspecified atom stereocenters. The minimum absolute atomic E-state index is 0.149. The van der Waals surface area contributed by atoms with E-state index in [1.54, 1.807) is 0 Å². The Balaban J connectivity index is 2.24. The van der Waals surface area contributed by atoms with E-state index in [1.165, 1.54) is 0 Å². The lowest BCUT2D eigenvalue weighted by atomic mass is 9.91. The van der Waals surface area contributed by atoms with Gasteiger partial charge in [-0.25, -0.2) is 4.79 Å². The Morgan fingerprint density at radius 2 is 2.07 bits per heavy atom. The number of amides is 2. The summed E-state index contributed by atoms with van der Waals surface area (Å²) in [6.07, 6.45) is 1.61. The minimum atomic E-state index is -0.288. The number of urea groups is 1. The van der Waals surface area contributed by atoms with Crippen LogP contribution < -0.4 is 16.4 Å². The van der Waals surface area contributed by atoms with Crippen molar-refractivity contribution in [1.82, 2.24) is 10.6 Å². The van der Waals surface area contributed by atoms with Crippen molar-refractivity contribution in [2.75, 3.05) is 26.3 Å². The number of rotatable bonds is 3. The van der Waals surface area contributed by atoms with Gasteiger partial charge < -0.3 is 21.1 Å². The Morgan fingerprint density at radius 3 is 2.64 bits per heavy atom. The molecule has 0 atom stereocenters. The number of carbonyl (C=O) groups excluding carboxylic acids is 1. The Bertz CT molecular complexity index is 190. The Kier molecular flexibility index (Phi) is 4.16. The minimum Gasteiger partial charge on any atom is -0.381 e. The number of nitrogens with one attached hydrogen (secondary N) is 2. The van der Waals surface area contributed by atoms with E-state index >= 15 is 0 Å². The number of carbonyl (C=O) groups is 1. The van der Waals surface area contributed by atoms with Gasteiger partial charge in [-0.05, 0) is 19.8 Å². The van der Waals surface area contributed by atoms with Crippen LogP contribution in [0.4, 0.5) is 4.79 Å². The first-order chi connectivity index (χ1) is 6.66. The molecule has 0 spiro atoms. The fourth-order valence-electron chi connectivity index (χ4n) is 1.43. The molecule has 14 heavy (non-hydrogen) atoms. The van der Waals surface area contributed by atoms with E-state index in [2.05, 4.69) is 10.6 Å². The third-order valence-corrected chi connectivity index (χ3v) is 2.43. The third-order valence-electron chi connectivity index (χ3n) is 2.43. The maximum Gasteiger partial charge on any atom is 0.314 e. The molecular formula is C9H19N3O2. The van der Waals surface area contributed by atoms with Crippen molar-refractivity contribution in [2.24, 2.45) is 5.73 Å². The molecule has 2 amide bonds. The molecule has 4 N–H and O–H groups in total. The first-order valence-electron chi connectivity index (χ1n) is 5.05. The van der Waals surface area contributed by atoms with Crippen molar-refractivity contribution in [1.29, 1.82) is 0 Å². The Labute approximate surface area is 84.4 Å². The van der Waals surface area contributed by atoms with Gasteiger partial charge >= 0.3 is 6.03 Å². The van der Waals surface area contributed by atoms with Gasteiger partial charge in [0.15, 0.2) is 0 Å². The number of nitrogens with two attached hydrogens (primary N) is 1. The van der Waals surface area contributed by atoms with Gasteiger partial charge in [0.25, 0.3) is 0 Å². The zero-order valence-corrected chi connectivity index (χ0v) is 8.64. The molecule has 1 rings (SSSR count). The molecule has 0 aromatic rings. The Morgan fingerprint density at radius 1 is 1.43 bits per heavy atom. The van der Waals surface area contributed by atoms with Crippen LogP contribution in [0, 0.1) is 0 Å². The number of hydrogen-bond acceptors (Lipinski definition) is 3. The molecule has 0 bridgehead atoms. The van der Waals surface area contributed by atoms with Gasteiger partial charge in [0.1, 0.15) is 0 Å². The van der Waals surface area contributed by atoms with Crippen LogP contribution in [0.25, 0.3) is 0 Å². The van der Waals surface area contributed by atoms with Gasteiger partial charge in [-0.2, -0.15) is 0 Å². The van der Waals surface area contributed by atoms with E-state index in [4.69, 9.17) is 10.5 Å². The van der Waals surface area contributed by atoms with Gasteiger partial charge in [-0.15, -0.1) is 0 Å². The summed E-state index contributed by atoms with van der Waals surface area (Å²) in [6, 6.07) is -0.149. The topological polar surface area (TPSA) is 76.4 Å². The van der Waals surface area contributed by atoms with E-state index in [-0.39, 0.29) is 11.6 Å². The predicted molar refractivity (Wildman–Crippen MR) is 54.0 cm³/mol. The highest BCUT2D eigenvalue weighted by Gasteiger charge is 2.28. The fraction of sp³-hybridized carbons (Fsp3) is 0.889. The van der Waals surface area contributed by atoms with Crippen LogP contribution in [0.1, 0.15) is 19.8 Å². The van der Waals surface area contributed by atoms with Crippen molar-refractivity contribution in [2.45, 2.75) is 25.3 Å². The SMILES string of the molecule is CCNC(=O)NCC1(N)CCOCC1. The number of hydrogen-bond donors (Lipinski definition) is 3. The van der Waals surface area contributed by atoms with Crippen LogP contribution in [0.15, 0.2) is 0 Å². The van der Waals surface area contributed by atoms with Crippen molar-refractivity contribution >= 4 is 6.03 Å². The van der Waals surface area contributed by atoms with Crippen LogP contribution >= 0.6 is 0 Å². The van der Waals surface area contributed by atoms with E-state index in [0.29, 0.717) is 26.3 Å². The molecule has 0 aromatic heterocycles. The van der Waals surface area contributed by atoms with Crippen molar-refractivity contribution in [3.05, 3.63) is 0 Å². The van der Waals surface area contributed by atoms with Crippen LogP contribution in [0.3, 0.4) is 0 Å². The van der Waals surface area contributed by atoms with E-state index in [0.717, 1.165) is 12.8 Å². The summed E-state index contributed by atoms with van der Waals surface area (Å²) in [5, 5.41) is 5.43. The normalized spacial score (nSPS) is 20.1. The molecule has 1 fully saturated rings. The molecule has 1 aliphatic heterocycles. The van der Waals surface area contributed by atoms with Crippen molar-refractivity contribution < 1.29 is 9.53 Å². The standard InChI is InChI=1S/C9H19N3O2/c1-2-11-8(13)12-7-9(10)3-5-14-6-4-9/h2-7,10H2,1H3,(H2,11,12,13). The molecule has 0 aromatic carbocycles. The van der Waals surface area contributed by atoms with Gasteiger partial charge in [0, 0.05) is 31.8 Å². The van der Waals surface area contributed by atoms with Gasteiger partial charge in [0.2, 0.25) is 0 Å². The van der Waals surface area contributed by atoms with E-state index in [9.17, 15) is 4.79 Å². The summed E-state index contributed by atoms with van der Waals surface area (Å²) < 4.78 is 5.21. The second-order valence-corrected chi connectivity index (χ2v) is 3.69. The molecule has 5 heteroatoms. The van der Waals surface area contributed by atoms with E-state index < -0.39 is 0 Å². The fourth-order valence-corrected chi connectivity index (χ4v) is 1.43. The highest BCUT2D eigenvalue weighted by molar-refractivity contribution is 5.73. The molecule has 5 nitrogen and oxygen atoms in total. The summed E-state index contributed by atoms with van der Waals surface area (Å²) in [7, 11) is 0. The molecule has 0 saturated carbocycles. The first-order valence-corrected chi connectivity index (χ1v) is 5.05. The van der Waals surface area contributed by atoms with Gasteiger partial charge in [-0.1, -0.05) is 0 Å². The second-order valence-electron chi connectivity index (χ2n) is 3.69. The van der Waals surface area contributed by atoms with Crippen LogP contribution in [0.5, 0.6) is 0 Å². The molecule has 82 valence electrons. The lowest BCUT2D eigenvalue weighted by Crippen LogP contribution is -2.54. The summed E-state index contributed by atoms with van der Waals surface area (Å²) in [5.41, 5.74) is 5.79. The zero-order valence-electron chi connectivity index (χ0n) is 8.64. The molecule has 1 aliphatic rings. The number of ether oxygens (including phenoxy) is 1. The van der Waals surface area contributed by atoms with Gasteiger partial charge in [0.05, 0.1) is 0 Å². The quantitative estimate of drug-likeness (QED) is 0.592. The summed E-state index contributed by atoms with van der Waals surface area (Å²) >= 11 is 0. The highest BCUT2D eigenvalue weighted by Crippen LogP contribution is 2.16. The molecule has 1 heterocycles. The maximum absolute atomic E-state index is 11.1. The van der Waals surface area contributed by atoms with Crippen LogP contribution in [-0.2, 0) is 4.74 Å². The zero-order chi connectivity index (χ0) is 10.4. The van der Waals surface area contributed by atoms with Crippen LogP contribution in [0.2, 0.25) is 0 Å². The second kappa shape index (κ2) is 5.17. The predicted octanol–water partition coefficient (Wildman–Crippen LogP) is -0.187. The van der Waals surface area contributed by atoms with Crippen molar-refractivity contribution in [3.63, 3.8) is 0 Å². The Hall–Kier alpha value is -0.810. The highest BCUT2D eigenvalue weighted by atomic mass is 16.5. The summed E-state index contributed by atoms with van der Waals surface area (Å²) in [6.45, 7) is 4.40. The summed E-state index contributed by atoms with van der Waals surface area (Å²) in [4.78, 5) is 11.1. The first kappa shape index (κ1) is 11.3. The van der Waals surface area contributed by atoms with Crippen LogP contribution in [-0.4, -0.2) is 37.9 Å². The van der Waals surface area contributed by atoms with Crippen molar-refractivity contribution in [3.8, 4) is 0 Å². The molecule has 0 aliphatic carbocycles.